The Hall–Kier alpha value is -3.09. The predicted octanol–water partition coefficient (Wildman–Crippen LogP) is 3.67. The zero-order valence-corrected chi connectivity index (χ0v) is 17.9. The number of hydrogen-bond acceptors (Lipinski definition) is 4. The van der Waals surface area contributed by atoms with E-state index < -0.39 is 17.8 Å². The maximum absolute atomic E-state index is 14.8. The molecule has 1 heterocycles. The van der Waals surface area contributed by atoms with Gasteiger partial charge in [-0.3, -0.25) is 9.59 Å². The number of likely N-dealkylation sites (N-methyl/N-ethyl adjacent to an activating group) is 1. The van der Waals surface area contributed by atoms with Crippen molar-refractivity contribution < 1.29 is 23.5 Å². The smallest absolute Gasteiger partial charge is 0.254 e. The average molecular weight is 414 g/mol. The number of methoxy groups -OCH3 is 2. The van der Waals surface area contributed by atoms with Crippen LogP contribution >= 0.6 is 0 Å². The molecule has 0 radical (unpaired) electrons. The van der Waals surface area contributed by atoms with Gasteiger partial charge in [0.25, 0.3) is 5.91 Å². The van der Waals surface area contributed by atoms with E-state index in [1.54, 1.807) is 37.4 Å². The number of hydrogen-bond donors (Lipinski definition) is 1. The number of nitrogens with one attached hydrogen (secondary N) is 1. The summed E-state index contributed by atoms with van der Waals surface area (Å²) in [4.78, 5) is 28.0. The van der Waals surface area contributed by atoms with Gasteiger partial charge in [-0.05, 0) is 37.1 Å². The fourth-order valence-corrected chi connectivity index (χ4v) is 3.87. The monoisotopic (exact) mass is 414 g/mol. The van der Waals surface area contributed by atoms with E-state index in [2.05, 4.69) is 5.32 Å². The van der Waals surface area contributed by atoms with E-state index in [-0.39, 0.29) is 23.4 Å². The molecule has 0 aliphatic carbocycles. The van der Waals surface area contributed by atoms with Crippen LogP contribution in [0.1, 0.15) is 53.7 Å². The van der Waals surface area contributed by atoms with Crippen molar-refractivity contribution in [3.05, 3.63) is 58.9 Å². The van der Waals surface area contributed by atoms with E-state index in [4.69, 9.17) is 9.47 Å². The molecule has 2 aromatic carbocycles. The third-order valence-electron chi connectivity index (χ3n) is 5.68. The van der Waals surface area contributed by atoms with Crippen molar-refractivity contribution in [1.29, 1.82) is 0 Å². The number of carbonyl (C=O) groups excluding carboxylic acids is 2. The first-order valence-corrected chi connectivity index (χ1v) is 9.91. The van der Waals surface area contributed by atoms with Crippen LogP contribution < -0.4 is 14.8 Å². The highest BCUT2D eigenvalue weighted by molar-refractivity contribution is 6.02. The Labute approximate surface area is 176 Å². The van der Waals surface area contributed by atoms with Gasteiger partial charge in [0.15, 0.2) is 11.5 Å². The van der Waals surface area contributed by atoms with Crippen LogP contribution in [0.2, 0.25) is 0 Å². The summed E-state index contributed by atoms with van der Waals surface area (Å²) in [6.45, 7) is 3.88. The van der Waals surface area contributed by atoms with E-state index in [9.17, 15) is 14.0 Å². The molecule has 1 aliphatic rings. The molecule has 30 heavy (non-hydrogen) atoms. The van der Waals surface area contributed by atoms with Crippen molar-refractivity contribution in [2.24, 2.45) is 0 Å². The van der Waals surface area contributed by atoms with Crippen molar-refractivity contribution in [2.45, 2.75) is 38.3 Å². The molecular formula is C23H27FN2O4. The third kappa shape index (κ3) is 3.72. The molecule has 0 saturated heterocycles. The second-order valence-corrected chi connectivity index (χ2v) is 7.47. The Morgan fingerprint density at radius 1 is 1.17 bits per heavy atom. The van der Waals surface area contributed by atoms with Crippen molar-refractivity contribution in [3.63, 3.8) is 0 Å². The normalized spacial score (nSPS) is 19.1. The predicted molar refractivity (Wildman–Crippen MR) is 111 cm³/mol. The Morgan fingerprint density at radius 3 is 2.40 bits per heavy atom. The SMILES string of the molecule is CC[C@H](C)NC(=O)[C@@H]1c2cc(OC)c(OC)cc2C(=O)N(C)[C@@H]1c1ccccc1F. The molecule has 160 valence electrons. The van der Waals surface area contributed by atoms with Gasteiger partial charge in [0.2, 0.25) is 5.91 Å². The summed E-state index contributed by atoms with van der Waals surface area (Å²) in [6.07, 6.45) is 0.746. The van der Waals surface area contributed by atoms with Crippen LogP contribution in [0.5, 0.6) is 11.5 Å². The Kier molecular flexibility index (Phi) is 6.29. The lowest BCUT2D eigenvalue weighted by molar-refractivity contribution is -0.124. The maximum Gasteiger partial charge on any atom is 0.254 e. The summed E-state index contributed by atoms with van der Waals surface area (Å²) in [5.74, 6) is -1.07. The number of rotatable bonds is 6. The van der Waals surface area contributed by atoms with Crippen LogP contribution in [-0.4, -0.2) is 44.0 Å². The van der Waals surface area contributed by atoms with E-state index >= 15 is 0 Å². The highest BCUT2D eigenvalue weighted by atomic mass is 19.1. The van der Waals surface area contributed by atoms with Crippen LogP contribution in [0.15, 0.2) is 36.4 Å². The fourth-order valence-electron chi connectivity index (χ4n) is 3.87. The van der Waals surface area contributed by atoms with Gasteiger partial charge in [-0.1, -0.05) is 25.1 Å². The number of fused-ring (bicyclic) bond motifs is 1. The topological polar surface area (TPSA) is 67.9 Å². The molecule has 6 nitrogen and oxygen atoms in total. The minimum absolute atomic E-state index is 0.0645. The van der Waals surface area contributed by atoms with E-state index in [0.717, 1.165) is 6.42 Å². The van der Waals surface area contributed by atoms with Gasteiger partial charge in [-0.25, -0.2) is 4.39 Å². The number of carbonyl (C=O) groups is 2. The van der Waals surface area contributed by atoms with Gasteiger partial charge in [-0.15, -0.1) is 0 Å². The largest absolute Gasteiger partial charge is 0.493 e. The van der Waals surface area contributed by atoms with Crippen LogP contribution in [0.4, 0.5) is 4.39 Å². The average Bonchev–Trinajstić information content (AvgIpc) is 2.75. The number of amides is 2. The zero-order chi connectivity index (χ0) is 22.0. The van der Waals surface area contributed by atoms with Gasteiger partial charge in [0.05, 0.1) is 26.2 Å². The minimum Gasteiger partial charge on any atom is -0.493 e. The lowest BCUT2D eigenvalue weighted by Crippen LogP contribution is -2.47. The van der Waals surface area contributed by atoms with Crippen LogP contribution in [0, 0.1) is 5.82 Å². The highest BCUT2D eigenvalue weighted by Crippen LogP contribution is 2.46. The van der Waals surface area contributed by atoms with Gasteiger partial charge in [0.1, 0.15) is 5.82 Å². The summed E-state index contributed by atoms with van der Waals surface area (Å²) in [5.41, 5.74) is 1.12. The fraction of sp³-hybridized carbons (Fsp3) is 0.391. The summed E-state index contributed by atoms with van der Waals surface area (Å²) < 4.78 is 25.5. The molecule has 0 saturated carbocycles. The van der Waals surface area contributed by atoms with Gasteiger partial charge in [-0.2, -0.15) is 0 Å². The van der Waals surface area contributed by atoms with Crippen molar-refractivity contribution >= 4 is 11.8 Å². The molecule has 0 bridgehead atoms. The van der Waals surface area contributed by atoms with Crippen molar-refractivity contribution in [2.75, 3.05) is 21.3 Å². The number of halogens is 1. The summed E-state index contributed by atoms with van der Waals surface area (Å²) in [7, 11) is 4.56. The zero-order valence-electron chi connectivity index (χ0n) is 17.9. The molecule has 2 amide bonds. The summed E-state index contributed by atoms with van der Waals surface area (Å²) in [6, 6.07) is 8.59. The first kappa shape index (κ1) is 21.6. The summed E-state index contributed by atoms with van der Waals surface area (Å²) >= 11 is 0. The third-order valence-corrected chi connectivity index (χ3v) is 5.68. The molecule has 1 aliphatic heterocycles. The lowest BCUT2D eigenvalue weighted by Gasteiger charge is -2.40. The molecule has 0 spiro atoms. The second-order valence-electron chi connectivity index (χ2n) is 7.47. The quantitative estimate of drug-likeness (QED) is 0.783. The first-order chi connectivity index (χ1) is 14.3. The van der Waals surface area contributed by atoms with Crippen LogP contribution in [-0.2, 0) is 4.79 Å². The van der Waals surface area contributed by atoms with Gasteiger partial charge in [0, 0.05) is 24.2 Å². The van der Waals surface area contributed by atoms with Gasteiger partial charge < -0.3 is 19.7 Å². The second kappa shape index (κ2) is 8.73. The van der Waals surface area contributed by atoms with E-state index in [1.165, 1.54) is 25.2 Å². The minimum atomic E-state index is -0.812. The number of ether oxygens (including phenoxy) is 2. The molecule has 7 heteroatoms. The maximum atomic E-state index is 14.8. The van der Waals surface area contributed by atoms with Crippen LogP contribution in [0.25, 0.3) is 0 Å². The van der Waals surface area contributed by atoms with Gasteiger partial charge >= 0.3 is 0 Å². The molecule has 0 unspecified atom stereocenters. The number of nitrogens with zero attached hydrogens (tertiary/aromatic N) is 1. The Balaban J connectivity index is 2.24. The van der Waals surface area contributed by atoms with E-state index in [0.29, 0.717) is 22.6 Å². The molecule has 2 aromatic rings. The molecule has 3 atom stereocenters. The summed E-state index contributed by atoms with van der Waals surface area (Å²) in [5, 5.41) is 2.99. The first-order valence-electron chi connectivity index (χ1n) is 9.91. The Bertz CT molecular complexity index is 962. The Morgan fingerprint density at radius 2 is 1.80 bits per heavy atom. The molecule has 0 fully saturated rings. The van der Waals surface area contributed by atoms with Crippen LogP contribution in [0.3, 0.4) is 0 Å². The lowest BCUT2D eigenvalue weighted by atomic mass is 9.79. The molecule has 3 rings (SSSR count). The standard InChI is InChI=1S/C23H27FN2O4/c1-6-13(2)25-22(27)20-15-11-18(29-4)19(30-5)12-16(15)23(28)26(3)21(20)14-9-7-8-10-17(14)24/h7-13,20-21H,6H2,1-5H3,(H,25,27)/t13-,20+,21+/m0/s1. The highest BCUT2D eigenvalue weighted by Gasteiger charge is 2.44. The van der Waals surface area contributed by atoms with Crippen molar-refractivity contribution in [1.82, 2.24) is 10.2 Å². The van der Waals surface area contributed by atoms with Crippen molar-refractivity contribution in [3.8, 4) is 11.5 Å². The molecule has 1 N–H and O–H groups in total. The molecule has 0 aromatic heterocycles. The van der Waals surface area contributed by atoms with E-state index in [1.807, 2.05) is 13.8 Å². The molecular weight excluding hydrogens is 387 g/mol. The number of benzene rings is 2.